The Morgan fingerprint density at radius 3 is 2.32 bits per heavy atom. The zero-order valence-corrected chi connectivity index (χ0v) is 14.9. The molecule has 1 fully saturated rings. The molecule has 5 nitrogen and oxygen atoms in total. The topological polar surface area (TPSA) is 57.7 Å². The molecule has 1 aliphatic heterocycles. The fourth-order valence-electron chi connectivity index (χ4n) is 3.01. The Morgan fingerprint density at radius 2 is 1.80 bits per heavy atom. The molecule has 0 N–H and O–H groups in total. The first-order valence-electron chi connectivity index (χ1n) is 7.85. The Balaban J connectivity index is 2.03. The fourth-order valence-corrected chi connectivity index (χ4v) is 3.89. The Hall–Kier alpha value is -1.61. The van der Waals surface area contributed by atoms with Crippen LogP contribution in [-0.2, 0) is 27.5 Å². The van der Waals surface area contributed by atoms with Crippen LogP contribution in [0.5, 0.6) is 0 Å². The van der Waals surface area contributed by atoms with Gasteiger partial charge in [0.05, 0.1) is 11.8 Å². The van der Waals surface area contributed by atoms with Gasteiger partial charge in [0.25, 0.3) is 0 Å². The molecule has 1 aromatic carbocycles. The summed E-state index contributed by atoms with van der Waals surface area (Å²) in [6, 6.07) is 5.18. The van der Waals surface area contributed by atoms with E-state index >= 15 is 0 Å². The van der Waals surface area contributed by atoms with Crippen LogP contribution in [0, 0.1) is 5.92 Å². The molecule has 0 aromatic heterocycles. The third-order valence-corrected chi connectivity index (χ3v) is 5.68. The Bertz CT molecular complexity index is 726. The van der Waals surface area contributed by atoms with Gasteiger partial charge in [0.15, 0.2) is 0 Å². The third kappa shape index (κ3) is 4.94. The molecule has 1 heterocycles. The quantitative estimate of drug-likeness (QED) is 0.808. The first-order valence-corrected chi connectivity index (χ1v) is 9.70. The van der Waals surface area contributed by atoms with Crippen LogP contribution in [0.4, 0.5) is 13.2 Å². The first kappa shape index (κ1) is 19.7. The minimum Gasteiger partial charge on any atom is -0.341 e. The maximum atomic E-state index is 13.0. The summed E-state index contributed by atoms with van der Waals surface area (Å²) < 4.78 is 63.4. The predicted octanol–water partition coefficient (Wildman–Crippen LogP) is 2.34. The Labute approximate surface area is 145 Å². The lowest BCUT2D eigenvalue weighted by Crippen LogP contribution is -2.43. The van der Waals surface area contributed by atoms with Crippen LogP contribution in [-0.4, -0.2) is 49.9 Å². The molecule has 1 saturated heterocycles. The van der Waals surface area contributed by atoms with Gasteiger partial charge in [-0.1, -0.05) is 18.2 Å². The Kier molecular flexibility index (Phi) is 5.78. The van der Waals surface area contributed by atoms with E-state index in [1.807, 2.05) is 0 Å². The van der Waals surface area contributed by atoms with Crippen molar-refractivity contribution >= 4 is 15.9 Å². The van der Waals surface area contributed by atoms with Crippen molar-refractivity contribution in [2.45, 2.75) is 25.6 Å². The van der Waals surface area contributed by atoms with Crippen molar-refractivity contribution < 1.29 is 26.4 Å². The van der Waals surface area contributed by atoms with Gasteiger partial charge in [-0.15, -0.1) is 0 Å². The maximum Gasteiger partial charge on any atom is 0.416 e. The number of rotatable bonds is 4. The molecule has 1 aromatic rings. The van der Waals surface area contributed by atoms with Gasteiger partial charge >= 0.3 is 6.18 Å². The smallest absolute Gasteiger partial charge is 0.341 e. The lowest BCUT2D eigenvalue weighted by Gasteiger charge is -2.32. The van der Waals surface area contributed by atoms with Crippen LogP contribution in [0.2, 0.25) is 0 Å². The molecule has 0 bridgehead atoms. The van der Waals surface area contributed by atoms with E-state index in [2.05, 4.69) is 0 Å². The van der Waals surface area contributed by atoms with Gasteiger partial charge in [0.1, 0.15) is 0 Å². The maximum absolute atomic E-state index is 13.0. The number of nitrogens with zero attached hydrogens (tertiary/aromatic N) is 2. The second-order valence-corrected chi connectivity index (χ2v) is 8.27. The highest BCUT2D eigenvalue weighted by molar-refractivity contribution is 7.88. The summed E-state index contributed by atoms with van der Waals surface area (Å²) in [5.74, 6) is -0.633. The van der Waals surface area contributed by atoms with Crippen LogP contribution >= 0.6 is 0 Å². The van der Waals surface area contributed by atoms with Crippen molar-refractivity contribution in [2.75, 3.05) is 26.4 Å². The molecule has 0 radical (unpaired) electrons. The molecule has 0 spiro atoms. The summed E-state index contributed by atoms with van der Waals surface area (Å²) in [4.78, 5) is 13.8. The summed E-state index contributed by atoms with van der Waals surface area (Å²) in [5, 5.41) is 0. The van der Waals surface area contributed by atoms with Crippen molar-refractivity contribution in [3.8, 4) is 0 Å². The molecule has 0 unspecified atom stereocenters. The van der Waals surface area contributed by atoms with Crippen LogP contribution in [0.1, 0.15) is 24.0 Å². The van der Waals surface area contributed by atoms with Crippen molar-refractivity contribution in [3.05, 3.63) is 35.4 Å². The van der Waals surface area contributed by atoms with E-state index in [-0.39, 0.29) is 37.0 Å². The minimum atomic E-state index is -4.47. The summed E-state index contributed by atoms with van der Waals surface area (Å²) in [5.41, 5.74) is -0.707. The van der Waals surface area contributed by atoms with Crippen LogP contribution in [0.25, 0.3) is 0 Å². The van der Waals surface area contributed by atoms with Crippen molar-refractivity contribution in [3.63, 3.8) is 0 Å². The summed E-state index contributed by atoms with van der Waals surface area (Å²) in [6.45, 7) is 0.366. The van der Waals surface area contributed by atoms with E-state index in [1.165, 1.54) is 34.5 Å². The van der Waals surface area contributed by atoms with Crippen LogP contribution < -0.4 is 0 Å². The van der Waals surface area contributed by atoms with E-state index in [4.69, 9.17) is 0 Å². The zero-order valence-electron chi connectivity index (χ0n) is 14.1. The molecule has 9 heteroatoms. The molecular weight excluding hydrogens is 357 g/mol. The average molecular weight is 378 g/mol. The molecule has 1 aliphatic rings. The first-order chi connectivity index (χ1) is 11.5. The number of hydrogen-bond acceptors (Lipinski definition) is 3. The van der Waals surface area contributed by atoms with Gasteiger partial charge in [-0.2, -0.15) is 13.2 Å². The van der Waals surface area contributed by atoms with Crippen LogP contribution in [0.3, 0.4) is 0 Å². The molecular formula is C16H21F3N2O3S. The molecule has 1 amide bonds. The Morgan fingerprint density at radius 1 is 1.24 bits per heavy atom. The van der Waals surface area contributed by atoms with E-state index in [0.29, 0.717) is 12.8 Å². The number of alkyl halides is 3. The van der Waals surface area contributed by atoms with Crippen molar-refractivity contribution in [1.29, 1.82) is 0 Å². The molecule has 140 valence electrons. The zero-order chi connectivity index (χ0) is 18.8. The highest BCUT2D eigenvalue weighted by Gasteiger charge is 2.34. The lowest BCUT2D eigenvalue weighted by atomic mass is 9.96. The van der Waals surface area contributed by atoms with E-state index in [1.54, 1.807) is 0 Å². The summed E-state index contributed by atoms with van der Waals surface area (Å²) in [7, 11) is -1.81. The number of carbonyl (C=O) groups is 1. The molecule has 0 atom stereocenters. The molecule has 0 saturated carbocycles. The highest BCUT2D eigenvalue weighted by atomic mass is 32.2. The number of benzene rings is 1. The van der Waals surface area contributed by atoms with Gasteiger partial charge in [0.2, 0.25) is 15.9 Å². The number of carbonyl (C=O) groups excluding carboxylic acids is 1. The normalized spacial score (nSPS) is 17.5. The van der Waals surface area contributed by atoms with Crippen molar-refractivity contribution in [2.24, 2.45) is 5.92 Å². The largest absolute Gasteiger partial charge is 0.416 e. The molecule has 0 aliphatic carbocycles. The number of piperidine rings is 1. The van der Waals surface area contributed by atoms with Gasteiger partial charge in [0, 0.05) is 32.6 Å². The van der Waals surface area contributed by atoms with Gasteiger partial charge in [-0.25, -0.2) is 12.7 Å². The number of amides is 1. The second-order valence-electron chi connectivity index (χ2n) is 6.29. The predicted molar refractivity (Wildman–Crippen MR) is 87.1 cm³/mol. The van der Waals surface area contributed by atoms with E-state index in [9.17, 15) is 26.4 Å². The van der Waals surface area contributed by atoms with Gasteiger partial charge in [-0.05, 0) is 24.5 Å². The lowest BCUT2D eigenvalue weighted by molar-refractivity contribution is -0.140. The second kappa shape index (κ2) is 7.33. The fraction of sp³-hybridized carbons (Fsp3) is 0.562. The number of sulfonamides is 1. The highest BCUT2D eigenvalue weighted by Crippen LogP contribution is 2.32. The van der Waals surface area contributed by atoms with E-state index in [0.717, 1.165) is 12.3 Å². The van der Waals surface area contributed by atoms with Crippen LogP contribution in [0.15, 0.2) is 24.3 Å². The van der Waals surface area contributed by atoms with Crippen molar-refractivity contribution in [1.82, 2.24) is 9.21 Å². The minimum absolute atomic E-state index is 0.0411. The molecule has 2 rings (SSSR count). The summed E-state index contributed by atoms with van der Waals surface area (Å²) in [6.07, 6.45) is -2.61. The third-order valence-electron chi connectivity index (χ3n) is 4.38. The number of hydrogen-bond donors (Lipinski definition) is 0. The van der Waals surface area contributed by atoms with Gasteiger partial charge < -0.3 is 4.90 Å². The average Bonchev–Trinajstić information content (AvgIpc) is 2.53. The standard InChI is InChI=1S/C16H21F3N2O3S/c1-20(11-13-5-3-4-6-14(13)16(17,18)19)15(22)12-7-9-21(10-8-12)25(2,23)24/h3-6,12H,7-11H2,1-2H3. The van der Waals surface area contributed by atoms with E-state index < -0.39 is 21.8 Å². The monoisotopic (exact) mass is 378 g/mol. The SMILES string of the molecule is CN(Cc1ccccc1C(F)(F)F)C(=O)C1CCN(S(C)(=O)=O)CC1. The summed E-state index contributed by atoms with van der Waals surface area (Å²) >= 11 is 0. The number of halogens is 3. The molecule has 25 heavy (non-hydrogen) atoms. The van der Waals surface area contributed by atoms with Gasteiger partial charge in [-0.3, -0.25) is 4.79 Å².